The molecule has 5 heteroatoms. The summed E-state index contributed by atoms with van der Waals surface area (Å²) in [7, 11) is 0. The van der Waals surface area contributed by atoms with E-state index < -0.39 is 0 Å². The van der Waals surface area contributed by atoms with Crippen LogP contribution in [0.15, 0.2) is 59.4 Å². The highest BCUT2D eigenvalue weighted by atomic mass is 16.1. The van der Waals surface area contributed by atoms with Crippen molar-refractivity contribution in [3.63, 3.8) is 0 Å². The Morgan fingerprint density at radius 1 is 1.04 bits per heavy atom. The smallest absolute Gasteiger partial charge is 0.251 e. The molecule has 0 radical (unpaired) electrons. The number of fused-ring (bicyclic) bond motifs is 1. The minimum atomic E-state index is -0.195. The standard InChI is InChI=1S/C20H18N2O3/c1-13-11-20(25)22(18-6-4-3-5-17(13)18)12-19(24)15-7-9-16(10-8-15)21-14(2)23/h3-11H,12H2,1-2H3,(H,21,23). The van der Waals surface area contributed by atoms with Gasteiger partial charge >= 0.3 is 0 Å². The summed E-state index contributed by atoms with van der Waals surface area (Å²) in [4.78, 5) is 36.0. The lowest BCUT2D eigenvalue weighted by atomic mass is 10.1. The van der Waals surface area contributed by atoms with Crippen molar-refractivity contribution in [3.8, 4) is 0 Å². The van der Waals surface area contributed by atoms with Gasteiger partial charge in [-0.25, -0.2) is 0 Å². The van der Waals surface area contributed by atoms with Gasteiger partial charge in [0.25, 0.3) is 5.56 Å². The monoisotopic (exact) mass is 334 g/mol. The van der Waals surface area contributed by atoms with E-state index in [1.807, 2.05) is 31.2 Å². The van der Waals surface area contributed by atoms with Crippen molar-refractivity contribution >= 4 is 28.3 Å². The first kappa shape index (κ1) is 16.6. The summed E-state index contributed by atoms with van der Waals surface area (Å²) in [5, 5.41) is 3.61. The van der Waals surface area contributed by atoms with Crippen molar-refractivity contribution in [3.05, 3.63) is 76.1 Å². The summed E-state index contributed by atoms with van der Waals surface area (Å²) in [5.41, 5.74) is 2.56. The Morgan fingerprint density at radius 3 is 2.40 bits per heavy atom. The molecule has 5 nitrogen and oxygen atoms in total. The second-order valence-electron chi connectivity index (χ2n) is 5.95. The number of benzene rings is 2. The van der Waals surface area contributed by atoms with Gasteiger partial charge in [0, 0.05) is 29.6 Å². The van der Waals surface area contributed by atoms with Gasteiger partial charge in [0.05, 0.1) is 12.1 Å². The van der Waals surface area contributed by atoms with Crippen molar-refractivity contribution in [2.24, 2.45) is 0 Å². The van der Waals surface area contributed by atoms with E-state index in [2.05, 4.69) is 5.32 Å². The maximum absolute atomic E-state index is 12.6. The van der Waals surface area contributed by atoms with Crippen LogP contribution in [0.5, 0.6) is 0 Å². The number of hydrogen-bond acceptors (Lipinski definition) is 3. The number of aromatic nitrogens is 1. The Kier molecular flexibility index (Phi) is 4.48. The largest absolute Gasteiger partial charge is 0.326 e. The first-order chi connectivity index (χ1) is 12.0. The highest BCUT2D eigenvalue weighted by Crippen LogP contribution is 2.17. The summed E-state index contributed by atoms with van der Waals surface area (Å²) in [5.74, 6) is -0.331. The molecule has 0 unspecified atom stereocenters. The van der Waals surface area contributed by atoms with Crippen LogP contribution in [0.2, 0.25) is 0 Å². The number of amides is 1. The molecule has 0 aliphatic carbocycles. The Balaban J connectivity index is 1.92. The minimum Gasteiger partial charge on any atom is -0.326 e. The number of para-hydroxylation sites is 1. The molecule has 0 saturated carbocycles. The number of nitrogens with zero attached hydrogens (tertiary/aromatic N) is 1. The quantitative estimate of drug-likeness (QED) is 0.745. The number of Topliss-reactive ketones (excluding diaryl/α,β-unsaturated/α-hetero) is 1. The van der Waals surface area contributed by atoms with Crippen LogP contribution in [-0.2, 0) is 11.3 Å². The van der Waals surface area contributed by atoms with Crippen LogP contribution in [0.25, 0.3) is 10.9 Å². The van der Waals surface area contributed by atoms with Gasteiger partial charge in [-0.2, -0.15) is 0 Å². The molecule has 0 atom stereocenters. The molecule has 0 spiro atoms. The number of ketones is 1. The molecule has 1 heterocycles. The Hall–Kier alpha value is -3.21. The molecule has 0 saturated heterocycles. The van der Waals surface area contributed by atoms with E-state index >= 15 is 0 Å². The first-order valence-electron chi connectivity index (χ1n) is 7.96. The van der Waals surface area contributed by atoms with E-state index in [9.17, 15) is 14.4 Å². The zero-order valence-electron chi connectivity index (χ0n) is 14.1. The number of carbonyl (C=O) groups is 2. The molecule has 0 aliphatic heterocycles. The van der Waals surface area contributed by atoms with Crippen LogP contribution in [0.4, 0.5) is 5.69 Å². The molecule has 25 heavy (non-hydrogen) atoms. The average Bonchev–Trinajstić information content (AvgIpc) is 2.58. The lowest BCUT2D eigenvalue weighted by Gasteiger charge is -2.11. The second kappa shape index (κ2) is 6.73. The molecule has 0 fully saturated rings. The third-order valence-electron chi connectivity index (χ3n) is 4.05. The van der Waals surface area contributed by atoms with E-state index in [4.69, 9.17) is 0 Å². The van der Waals surface area contributed by atoms with Gasteiger partial charge in [-0.05, 0) is 42.8 Å². The van der Waals surface area contributed by atoms with Gasteiger partial charge in [-0.1, -0.05) is 18.2 Å². The molecule has 2 aromatic carbocycles. The molecular weight excluding hydrogens is 316 g/mol. The fourth-order valence-electron chi connectivity index (χ4n) is 2.84. The van der Waals surface area contributed by atoms with Crippen molar-refractivity contribution in [2.75, 3.05) is 5.32 Å². The Labute approximate surface area is 144 Å². The van der Waals surface area contributed by atoms with Gasteiger partial charge in [0.1, 0.15) is 0 Å². The normalized spacial score (nSPS) is 10.6. The highest BCUT2D eigenvalue weighted by molar-refractivity contribution is 5.97. The number of anilines is 1. The SMILES string of the molecule is CC(=O)Nc1ccc(C(=O)Cn2c(=O)cc(C)c3ccccc32)cc1. The van der Waals surface area contributed by atoms with Crippen LogP contribution in [0.3, 0.4) is 0 Å². The average molecular weight is 334 g/mol. The van der Waals surface area contributed by atoms with E-state index in [-0.39, 0.29) is 23.8 Å². The van der Waals surface area contributed by atoms with Gasteiger partial charge in [-0.3, -0.25) is 14.4 Å². The van der Waals surface area contributed by atoms with Crippen LogP contribution < -0.4 is 10.9 Å². The zero-order chi connectivity index (χ0) is 18.0. The second-order valence-corrected chi connectivity index (χ2v) is 5.95. The van der Waals surface area contributed by atoms with Crippen LogP contribution in [0.1, 0.15) is 22.8 Å². The lowest BCUT2D eigenvalue weighted by Crippen LogP contribution is -2.24. The van der Waals surface area contributed by atoms with Crippen molar-refractivity contribution in [1.82, 2.24) is 4.57 Å². The molecule has 0 aliphatic rings. The maximum Gasteiger partial charge on any atom is 0.251 e. The Morgan fingerprint density at radius 2 is 1.72 bits per heavy atom. The molecule has 1 amide bonds. The maximum atomic E-state index is 12.6. The third kappa shape index (κ3) is 3.50. The summed E-state index contributed by atoms with van der Waals surface area (Å²) in [6.45, 7) is 3.28. The first-order valence-corrected chi connectivity index (χ1v) is 7.96. The predicted octanol–water partition coefficient (Wildman–Crippen LogP) is 3.15. The fraction of sp³-hybridized carbons (Fsp3) is 0.150. The van der Waals surface area contributed by atoms with Gasteiger partial charge in [0.2, 0.25) is 5.91 Å². The topological polar surface area (TPSA) is 68.2 Å². The number of carbonyl (C=O) groups excluding carboxylic acids is 2. The zero-order valence-corrected chi connectivity index (χ0v) is 14.1. The van der Waals surface area contributed by atoms with E-state index in [1.165, 1.54) is 11.5 Å². The van der Waals surface area contributed by atoms with Crippen molar-refractivity contribution in [2.45, 2.75) is 20.4 Å². The molecule has 126 valence electrons. The minimum absolute atomic E-state index is 0.0287. The number of pyridine rings is 1. The number of hydrogen-bond donors (Lipinski definition) is 1. The summed E-state index contributed by atoms with van der Waals surface area (Å²) >= 11 is 0. The van der Waals surface area contributed by atoms with Crippen LogP contribution in [-0.4, -0.2) is 16.3 Å². The van der Waals surface area contributed by atoms with Crippen LogP contribution >= 0.6 is 0 Å². The molecule has 1 aromatic heterocycles. The summed E-state index contributed by atoms with van der Waals surface area (Å²) in [6, 6.07) is 15.7. The van der Waals surface area contributed by atoms with Gasteiger partial charge in [-0.15, -0.1) is 0 Å². The van der Waals surface area contributed by atoms with Crippen molar-refractivity contribution in [1.29, 1.82) is 0 Å². The van der Waals surface area contributed by atoms with E-state index in [0.717, 1.165) is 16.5 Å². The van der Waals surface area contributed by atoms with Gasteiger partial charge < -0.3 is 9.88 Å². The van der Waals surface area contributed by atoms with Crippen molar-refractivity contribution < 1.29 is 9.59 Å². The lowest BCUT2D eigenvalue weighted by molar-refractivity contribution is -0.114. The highest BCUT2D eigenvalue weighted by Gasteiger charge is 2.12. The third-order valence-corrected chi connectivity index (χ3v) is 4.05. The number of rotatable bonds is 4. The predicted molar refractivity (Wildman–Crippen MR) is 98.0 cm³/mol. The van der Waals surface area contributed by atoms with Crippen LogP contribution in [0, 0.1) is 6.92 Å². The number of nitrogens with one attached hydrogen (secondary N) is 1. The fourth-order valence-corrected chi connectivity index (χ4v) is 2.84. The summed E-state index contributed by atoms with van der Waals surface area (Å²) < 4.78 is 1.49. The Bertz CT molecular complexity index is 1020. The summed E-state index contributed by atoms with van der Waals surface area (Å²) in [6.07, 6.45) is 0. The molecule has 3 aromatic rings. The molecule has 3 rings (SSSR count). The van der Waals surface area contributed by atoms with E-state index in [1.54, 1.807) is 30.3 Å². The molecular formula is C20H18N2O3. The van der Waals surface area contributed by atoms with E-state index in [0.29, 0.717) is 11.3 Å². The van der Waals surface area contributed by atoms with Gasteiger partial charge in [0.15, 0.2) is 5.78 Å². The molecule has 1 N–H and O–H groups in total. The number of aryl methyl sites for hydroxylation is 1. The molecule has 0 bridgehead atoms.